The summed E-state index contributed by atoms with van der Waals surface area (Å²) in [5, 5.41) is 13.2. The van der Waals surface area contributed by atoms with Crippen LogP contribution in [0.25, 0.3) is 10.9 Å². The third-order valence-electron chi connectivity index (χ3n) is 2.76. The second-order valence-electron chi connectivity index (χ2n) is 4.30. The number of hydrogen-bond acceptors (Lipinski definition) is 2. The standard InChI is InChI=1S/C13H13N5O/c1-8-6-12(18-17-8)16-13(19)15-10-2-3-11-9(7-10)4-5-14-11/h2-7,14H,1H3,(H3,15,16,17,18,19). The Kier molecular flexibility index (Phi) is 2.68. The van der Waals surface area contributed by atoms with Gasteiger partial charge in [0.2, 0.25) is 0 Å². The van der Waals surface area contributed by atoms with Crippen LogP contribution in [0, 0.1) is 6.92 Å². The van der Waals surface area contributed by atoms with Crippen LogP contribution in [0.4, 0.5) is 16.3 Å². The number of anilines is 2. The second-order valence-corrected chi connectivity index (χ2v) is 4.30. The molecular weight excluding hydrogens is 242 g/mol. The minimum Gasteiger partial charge on any atom is -0.361 e. The number of urea groups is 1. The van der Waals surface area contributed by atoms with E-state index >= 15 is 0 Å². The maximum absolute atomic E-state index is 11.8. The first-order chi connectivity index (χ1) is 9.20. The third kappa shape index (κ3) is 2.42. The van der Waals surface area contributed by atoms with Gasteiger partial charge in [-0.05, 0) is 31.2 Å². The molecule has 0 aliphatic carbocycles. The summed E-state index contributed by atoms with van der Waals surface area (Å²) in [6, 6.07) is 9.06. The van der Waals surface area contributed by atoms with Crippen molar-refractivity contribution in [3.8, 4) is 0 Å². The number of fused-ring (bicyclic) bond motifs is 1. The van der Waals surface area contributed by atoms with Crippen molar-refractivity contribution in [3.05, 3.63) is 42.2 Å². The first-order valence-corrected chi connectivity index (χ1v) is 5.88. The molecule has 0 unspecified atom stereocenters. The number of carbonyl (C=O) groups is 1. The number of aryl methyl sites for hydroxylation is 1. The van der Waals surface area contributed by atoms with Crippen molar-refractivity contribution < 1.29 is 4.79 Å². The number of rotatable bonds is 2. The van der Waals surface area contributed by atoms with Crippen molar-refractivity contribution in [2.24, 2.45) is 0 Å². The Morgan fingerprint density at radius 2 is 2.11 bits per heavy atom. The molecule has 0 saturated heterocycles. The van der Waals surface area contributed by atoms with E-state index in [4.69, 9.17) is 0 Å². The molecule has 0 aliphatic heterocycles. The number of amides is 2. The van der Waals surface area contributed by atoms with Gasteiger partial charge in [-0.3, -0.25) is 10.4 Å². The maximum Gasteiger partial charge on any atom is 0.324 e. The van der Waals surface area contributed by atoms with Crippen molar-refractivity contribution in [1.82, 2.24) is 15.2 Å². The molecule has 0 aliphatic rings. The Balaban J connectivity index is 1.71. The third-order valence-corrected chi connectivity index (χ3v) is 2.76. The zero-order valence-electron chi connectivity index (χ0n) is 10.3. The topological polar surface area (TPSA) is 85.6 Å². The summed E-state index contributed by atoms with van der Waals surface area (Å²) in [6.45, 7) is 1.87. The van der Waals surface area contributed by atoms with E-state index < -0.39 is 0 Å². The van der Waals surface area contributed by atoms with Crippen LogP contribution in [0.1, 0.15) is 5.69 Å². The molecule has 0 spiro atoms. The number of carbonyl (C=O) groups excluding carboxylic acids is 1. The molecule has 96 valence electrons. The molecule has 3 rings (SSSR count). The van der Waals surface area contributed by atoms with E-state index in [2.05, 4.69) is 25.8 Å². The molecule has 2 amide bonds. The summed E-state index contributed by atoms with van der Waals surface area (Å²) in [7, 11) is 0. The van der Waals surface area contributed by atoms with Gasteiger partial charge >= 0.3 is 6.03 Å². The summed E-state index contributed by atoms with van der Waals surface area (Å²) < 4.78 is 0. The molecule has 0 fully saturated rings. The SMILES string of the molecule is Cc1cc(NC(=O)Nc2ccc3[nH]ccc3c2)n[nH]1. The molecule has 6 heteroatoms. The summed E-state index contributed by atoms with van der Waals surface area (Å²) in [5.41, 5.74) is 2.66. The van der Waals surface area contributed by atoms with Crippen LogP contribution in [-0.2, 0) is 0 Å². The molecule has 0 bridgehead atoms. The average molecular weight is 255 g/mol. The molecule has 3 aromatic rings. The Bertz CT molecular complexity index is 727. The molecule has 0 radical (unpaired) electrons. The summed E-state index contributed by atoms with van der Waals surface area (Å²) in [4.78, 5) is 14.9. The lowest BCUT2D eigenvalue weighted by Crippen LogP contribution is -2.19. The Morgan fingerprint density at radius 1 is 1.21 bits per heavy atom. The quantitative estimate of drug-likeness (QED) is 0.567. The number of nitrogens with one attached hydrogen (secondary N) is 4. The smallest absolute Gasteiger partial charge is 0.324 e. The van der Waals surface area contributed by atoms with Crippen LogP contribution in [0.5, 0.6) is 0 Å². The van der Waals surface area contributed by atoms with E-state index in [1.807, 2.05) is 37.4 Å². The van der Waals surface area contributed by atoms with Gasteiger partial charge in [0.25, 0.3) is 0 Å². The highest BCUT2D eigenvalue weighted by Gasteiger charge is 2.05. The van der Waals surface area contributed by atoms with E-state index in [1.165, 1.54) is 0 Å². The predicted octanol–water partition coefficient (Wildman–Crippen LogP) is 2.84. The second kappa shape index (κ2) is 4.49. The Labute approximate surface area is 109 Å². The normalized spacial score (nSPS) is 10.6. The summed E-state index contributed by atoms with van der Waals surface area (Å²) >= 11 is 0. The minimum absolute atomic E-state index is 0.318. The van der Waals surface area contributed by atoms with Gasteiger partial charge in [0.1, 0.15) is 0 Å². The molecule has 2 aromatic heterocycles. The number of nitrogens with zero attached hydrogens (tertiary/aromatic N) is 1. The zero-order chi connectivity index (χ0) is 13.2. The van der Waals surface area contributed by atoms with Crippen molar-refractivity contribution in [2.75, 3.05) is 10.6 Å². The van der Waals surface area contributed by atoms with E-state index in [9.17, 15) is 4.79 Å². The Hall–Kier alpha value is -2.76. The number of aromatic amines is 2. The minimum atomic E-state index is -0.318. The number of hydrogen-bond donors (Lipinski definition) is 4. The van der Waals surface area contributed by atoms with Gasteiger partial charge in [-0.25, -0.2) is 4.79 Å². The average Bonchev–Trinajstić information content (AvgIpc) is 2.97. The van der Waals surface area contributed by atoms with Crippen LogP contribution < -0.4 is 10.6 Å². The lowest BCUT2D eigenvalue weighted by Gasteiger charge is -2.05. The monoisotopic (exact) mass is 255 g/mol. The molecule has 0 saturated carbocycles. The van der Waals surface area contributed by atoms with Crippen molar-refractivity contribution in [1.29, 1.82) is 0 Å². The molecule has 2 heterocycles. The lowest BCUT2D eigenvalue weighted by molar-refractivity contribution is 0.262. The lowest BCUT2D eigenvalue weighted by atomic mass is 10.2. The number of benzene rings is 1. The predicted molar refractivity (Wildman–Crippen MR) is 74.3 cm³/mol. The van der Waals surface area contributed by atoms with Crippen LogP contribution in [0.3, 0.4) is 0 Å². The molecule has 6 nitrogen and oxygen atoms in total. The van der Waals surface area contributed by atoms with E-state index in [0.29, 0.717) is 5.82 Å². The zero-order valence-corrected chi connectivity index (χ0v) is 10.3. The Morgan fingerprint density at radius 3 is 2.89 bits per heavy atom. The first kappa shape index (κ1) is 11.3. The van der Waals surface area contributed by atoms with E-state index in [-0.39, 0.29) is 6.03 Å². The van der Waals surface area contributed by atoms with Gasteiger partial charge in [0.15, 0.2) is 5.82 Å². The van der Waals surface area contributed by atoms with Gasteiger partial charge in [-0.1, -0.05) is 0 Å². The highest BCUT2D eigenvalue weighted by atomic mass is 16.2. The molecule has 0 atom stereocenters. The fourth-order valence-electron chi connectivity index (χ4n) is 1.89. The van der Waals surface area contributed by atoms with Crippen LogP contribution in [0.15, 0.2) is 36.5 Å². The molecule has 19 heavy (non-hydrogen) atoms. The molecular formula is C13H13N5O. The van der Waals surface area contributed by atoms with Gasteiger partial charge in [0.05, 0.1) is 0 Å². The first-order valence-electron chi connectivity index (χ1n) is 5.88. The number of H-pyrrole nitrogens is 2. The van der Waals surface area contributed by atoms with Crippen molar-refractivity contribution >= 4 is 28.4 Å². The number of aromatic nitrogens is 3. The molecule has 1 aromatic carbocycles. The fraction of sp³-hybridized carbons (Fsp3) is 0.0769. The van der Waals surface area contributed by atoms with Crippen molar-refractivity contribution in [3.63, 3.8) is 0 Å². The van der Waals surface area contributed by atoms with Gasteiger partial charge in [0, 0.05) is 34.5 Å². The van der Waals surface area contributed by atoms with Gasteiger partial charge in [-0.15, -0.1) is 0 Å². The van der Waals surface area contributed by atoms with Crippen molar-refractivity contribution in [2.45, 2.75) is 6.92 Å². The highest BCUT2D eigenvalue weighted by Crippen LogP contribution is 2.18. The highest BCUT2D eigenvalue weighted by molar-refractivity contribution is 6.00. The van der Waals surface area contributed by atoms with E-state index in [1.54, 1.807) is 6.07 Å². The maximum atomic E-state index is 11.8. The summed E-state index contributed by atoms with van der Waals surface area (Å²) in [5.74, 6) is 0.498. The van der Waals surface area contributed by atoms with Gasteiger partial charge < -0.3 is 10.3 Å². The van der Waals surface area contributed by atoms with Gasteiger partial charge in [-0.2, -0.15) is 5.10 Å². The largest absolute Gasteiger partial charge is 0.361 e. The van der Waals surface area contributed by atoms with Crippen LogP contribution in [-0.4, -0.2) is 21.2 Å². The molecule has 4 N–H and O–H groups in total. The van der Waals surface area contributed by atoms with Crippen LogP contribution in [0.2, 0.25) is 0 Å². The summed E-state index contributed by atoms with van der Waals surface area (Å²) in [6.07, 6.45) is 1.86. The fourth-order valence-corrected chi connectivity index (χ4v) is 1.89. The van der Waals surface area contributed by atoms with E-state index in [0.717, 1.165) is 22.3 Å². The van der Waals surface area contributed by atoms with Crippen LogP contribution >= 0.6 is 0 Å².